The lowest BCUT2D eigenvalue weighted by Gasteiger charge is -2.21. The van der Waals surface area contributed by atoms with E-state index < -0.39 is 11.7 Å². The summed E-state index contributed by atoms with van der Waals surface area (Å²) in [6.45, 7) is 1.88. The Labute approximate surface area is 71.5 Å². The van der Waals surface area contributed by atoms with Gasteiger partial charge in [-0.05, 0) is 31.8 Å². The molecular formula is C8H14N2O2. The molecule has 0 spiro atoms. The van der Waals surface area contributed by atoms with Crippen LogP contribution in [0, 0.1) is 5.92 Å². The van der Waals surface area contributed by atoms with E-state index in [0.29, 0.717) is 12.3 Å². The Balaban J connectivity index is 2.29. The van der Waals surface area contributed by atoms with Crippen LogP contribution >= 0.6 is 0 Å². The van der Waals surface area contributed by atoms with Crippen molar-refractivity contribution in [3.63, 3.8) is 0 Å². The molecule has 3 N–H and O–H groups in total. The normalized spacial score (nSPS) is 19.0. The molecule has 1 aliphatic rings. The van der Waals surface area contributed by atoms with Gasteiger partial charge >= 0.3 is 0 Å². The molecule has 0 unspecified atom stereocenters. The minimum atomic E-state index is -0.798. The summed E-state index contributed by atoms with van der Waals surface area (Å²) < 4.78 is 0. The van der Waals surface area contributed by atoms with Gasteiger partial charge in [0.2, 0.25) is 5.78 Å². The minimum Gasteiger partial charge on any atom is -0.363 e. The van der Waals surface area contributed by atoms with Gasteiger partial charge in [0.1, 0.15) is 0 Å². The van der Waals surface area contributed by atoms with Crippen LogP contribution in [0.5, 0.6) is 0 Å². The summed E-state index contributed by atoms with van der Waals surface area (Å²) >= 11 is 0. The highest BCUT2D eigenvalue weighted by Gasteiger charge is 2.19. The van der Waals surface area contributed by atoms with Crippen molar-refractivity contribution in [3.8, 4) is 0 Å². The maximum absolute atomic E-state index is 10.9. The van der Waals surface area contributed by atoms with Crippen LogP contribution in [0.1, 0.15) is 19.3 Å². The fourth-order valence-electron chi connectivity index (χ4n) is 1.45. The molecule has 0 atom stereocenters. The lowest BCUT2D eigenvalue weighted by molar-refractivity contribution is -0.136. The smallest absolute Gasteiger partial charge is 0.284 e. The number of hydrogen-bond donors (Lipinski definition) is 2. The van der Waals surface area contributed by atoms with Crippen LogP contribution in [-0.4, -0.2) is 24.8 Å². The van der Waals surface area contributed by atoms with Crippen LogP contribution in [0.25, 0.3) is 0 Å². The Morgan fingerprint density at radius 2 is 1.92 bits per heavy atom. The van der Waals surface area contributed by atoms with Crippen molar-refractivity contribution in [1.82, 2.24) is 5.32 Å². The SMILES string of the molecule is NC(=O)C(=O)CC1CCNCC1. The molecule has 4 nitrogen and oxygen atoms in total. The molecule has 1 fully saturated rings. The number of Topliss-reactive ketones (excluding diaryl/α,β-unsaturated/α-hetero) is 1. The summed E-state index contributed by atoms with van der Waals surface area (Å²) in [5, 5.41) is 3.19. The largest absolute Gasteiger partial charge is 0.363 e. The highest BCUT2D eigenvalue weighted by Crippen LogP contribution is 2.15. The third kappa shape index (κ3) is 2.62. The van der Waals surface area contributed by atoms with E-state index in [-0.39, 0.29) is 0 Å². The molecule has 1 aliphatic heterocycles. The van der Waals surface area contributed by atoms with Gasteiger partial charge in [0.05, 0.1) is 0 Å². The topological polar surface area (TPSA) is 72.2 Å². The molecule has 0 aliphatic carbocycles. The molecular weight excluding hydrogens is 156 g/mol. The van der Waals surface area contributed by atoms with Gasteiger partial charge in [-0.3, -0.25) is 9.59 Å². The molecule has 4 heteroatoms. The van der Waals surface area contributed by atoms with Crippen molar-refractivity contribution in [1.29, 1.82) is 0 Å². The van der Waals surface area contributed by atoms with Gasteiger partial charge in [0.25, 0.3) is 5.91 Å². The number of hydrogen-bond acceptors (Lipinski definition) is 3. The minimum absolute atomic E-state index is 0.330. The Kier molecular flexibility index (Phi) is 3.22. The van der Waals surface area contributed by atoms with Crippen LogP contribution in [0.4, 0.5) is 0 Å². The van der Waals surface area contributed by atoms with E-state index in [1.54, 1.807) is 0 Å². The Bertz CT molecular complexity index is 185. The number of ketones is 1. The molecule has 0 radical (unpaired) electrons. The third-order valence-electron chi connectivity index (χ3n) is 2.21. The van der Waals surface area contributed by atoms with Gasteiger partial charge in [-0.15, -0.1) is 0 Å². The predicted octanol–water partition coefficient (Wildman–Crippen LogP) is -0.570. The zero-order valence-electron chi connectivity index (χ0n) is 7.01. The van der Waals surface area contributed by atoms with E-state index in [0.717, 1.165) is 25.9 Å². The fraction of sp³-hybridized carbons (Fsp3) is 0.750. The highest BCUT2D eigenvalue weighted by atomic mass is 16.2. The third-order valence-corrected chi connectivity index (χ3v) is 2.21. The van der Waals surface area contributed by atoms with E-state index in [9.17, 15) is 9.59 Å². The average molecular weight is 170 g/mol. The number of nitrogens with two attached hydrogens (primary N) is 1. The first-order valence-electron chi connectivity index (χ1n) is 4.23. The van der Waals surface area contributed by atoms with Crippen LogP contribution in [0.15, 0.2) is 0 Å². The Hall–Kier alpha value is -0.900. The second kappa shape index (κ2) is 4.21. The molecule has 0 saturated carbocycles. The van der Waals surface area contributed by atoms with Crippen molar-refractivity contribution < 1.29 is 9.59 Å². The van der Waals surface area contributed by atoms with Crippen LogP contribution < -0.4 is 11.1 Å². The number of amides is 1. The first-order valence-corrected chi connectivity index (χ1v) is 4.23. The summed E-state index contributed by atoms with van der Waals surface area (Å²) in [4.78, 5) is 21.3. The van der Waals surface area contributed by atoms with Gasteiger partial charge in [0.15, 0.2) is 0 Å². The fourth-order valence-corrected chi connectivity index (χ4v) is 1.45. The Morgan fingerprint density at radius 1 is 1.33 bits per heavy atom. The number of carbonyl (C=O) groups is 2. The summed E-state index contributed by atoms with van der Waals surface area (Å²) in [6.07, 6.45) is 2.27. The average Bonchev–Trinajstić information content (AvgIpc) is 2.06. The first kappa shape index (κ1) is 9.19. The van der Waals surface area contributed by atoms with Gasteiger partial charge in [-0.1, -0.05) is 0 Å². The molecule has 0 aromatic carbocycles. The van der Waals surface area contributed by atoms with Crippen LogP contribution in [0.3, 0.4) is 0 Å². The van der Waals surface area contributed by atoms with E-state index in [1.807, 2.05) is 0 Å². The second-order valence-electron chi connectivity index (χ2n) is 3.18. The molecule has 0 aromatic heterocycles. The van der Waals surface area contributed by atoms with Gasteiger partial charge in [-0.25, -0.2) is 0 Å². The van der Waals surface area contributed by atoms with Crippen molar-refractivity contribution in [2.24, 2.45) is 11.7 Å². The number of piperidine rings is 1. The van der Waals surface area contributed by atoms with Crippen LogP contribution in [0.2, 0.25) is 0 Å². The lowest BCUT2D eigenvalue weighted by Crippen LogP contribution is -2.31. The lowest BCUT2D eigenvalue weighted by atomic mass is 9.92. The van der Waals surface area contributed by atoms with E-state index in [1.165, 1.54) is 0 Å². The van der Waals surface area contributed by atoms with Crippen molar-refractivity contribution in [3.05, 3.63) is 0 Å². The zero-order valence-corrected chi connectivity index (χ0v) is 7.01. The highest BCUT2D eigenvalue weighted by molar-refractivity contribution is 6.35. The molecule has 1 rings (SSSR count). The monoisotopic (exact) mass is 170 g/mol. The summed E-state index contributed by atoms with van der Waals surface area (Å²) in [7, 11) is 0. The molecule has 12 heavy (non-hydrogen) atoms. The maximum atomic E-state index is 10.9. The predicted molar refractivity (Wildman–Crippen MR) is 44.4 cm³/mol. The standard InChI is InChI=1S/C8H14N2O2/c9-8(12)7(11)5-6-1-3-10-4-2-6/h6,10H,1-5H2,(H2,9,12). The van der Waals surface area contributed by atoms with Gasteiger partial charge in [-0.2, -0.15) is 0 Å². The number of nitrogens with one attached hydrogen (secondary N) is 1. The number of rotatable bonds is 3. The van der Waals surface area contributed by atoms with E-state index >= 15 is 0 Å². The quantitative estimate of drug-likeness (QED) is 0.557. The number of primary amides is 1. The molecule has 0 aromatic rings. The molecule has 0 bridgehead atoms. The molecule has 1 saturated heterocycles. The maximum Gasteiger partial charge on any atom is 0.284 e. The van der Waals surface area contributed by atoms with Crippen LogP contribution in [-0.2, 0) is 9.59 Å². The van der Waals surface area contributed by atoms with Gasteiger partial charge in [0, 0.05) is 6.42 Å². The van der Waals surface area contributed by atoms with Crippen molar-refractivity contribution in [2.75, 3.05) is 13.1 Å². The second-order valence-corrected chi connectivity index (χ2v) is 3.18. The summed E-state index contributed by atoms with van der Waals surface area (Å²) in [6, 6.07) is 0. The van der Waals surface area contributed by atoms with Crippen molar-refractivity contribution in [2.45, 2.75) is 19.3 Å². The molecule has 68 valence electrons. The van der Waals surface area contributed by atoms with Gasteiger partial charge < -0.3 is 11.1 Å². The summed E-state index contributed by atoms with van der Waals surface area (Å²) in [5.74, 6) is -0.873. The molecule has 1 heterocycles. The first-order chi connectivity index (χ1) is 5.70. The summed E-state index contributed by atoms with van der Waals surface area (Å²) in [5.41, 5.74) is 4.85. The zero-order chi connectivity index (χ0) is 8.97. The van der Waals surface area contributed by atoms with E-state index in [4.69, 9.17) is 5.73 Å². The van der Waals surface area contributed by atoms with Crippen molar-refractivity contribution >= 4 is 11.7 Å². The molecule has 1 amide bonds. The Morgan fingerprint density at radius 3 is 2.42 bits per heavy atom. The number of carbonyl (C=O) groups excluding carboxylic acids is 2. The van der Waals surface area contributed by atoms with E-state index in [2.05, 4.69) is 5.32 Å².